The number of aromatic nitrogens is 1. The van der Waals surface area contributed by atoms with Gasteiger partial charge in [0.05, 0.1) is 4.88 Å². The van der Waals surface area contributed by atoms with Gasteiger partial charge in [0.15, 0.2) is 6.61 Å². The molecule has 0 aliphatic heterocycles. The van der Waals surface area contributed by atoms with Gasteiger partial charge >= 0.3 is 0 Å². The fourth-order valence-electron chi connectivity index (χ4n) is 2.00. The van der Waals surface area contributed by atoms with Gasteiger partial charge in [-0.15, -0.1) is 22.7 Å². The Balaban J connectivity index is 1.58. The van der Waals surface area contributed by atoms with Crippen LogP contribution in [0.15, 0.2) is 47.2 Å². The molecule has 1 aromatic carbocycles. The molecule has 0 spiro atoms. The predicted octanol–water partition coefficient (Wildman–Crippen LogP) is 3.59. The van der Waals surface area contributed by atoms with Crippen LogP contribution in [0.3, 0.4) is 0 Å². The summed E-state index contributed by atoms with van der Waals surface area (Å²) in [5.41, 5.74) is 1.02. The van der Waals surface area contributed by atoms with Crippen molar-refractivity contribution in [2.45, 2.75) is 0 Å². The fourth-order valence-corrected chi connectivity index (χ4v) is 3.61. The van der Waals surface area contributed by atoms with E-state index < -0.39 is 0 Å². The van der Waals surface area contributed by atoms with Gasteiger partial charge in [-0.25, -0.2) is 4.98 Å². The number of carbonyl (C=O) groups is 2. The summed E-state index contributed by atoms with van der Waals surface area (Å²) in [6.07, 6.45) is 0. The molecule has 134 valence electrons. The number of rotatable bonds is 6. The maximum atomic E-state index is 12.3. The van der Waals surface area contributed by atoms with Crippen LogP contribution in [0.25, 0.3) is 9.88 Å². The third-order valence-corrected chi connectivity index (χ3v) is 5.32. The highest BCUT2D eigenvalue weighted by Gasteiger charge is 2.13. The molecule has 3 aromatic rings. The Morgan fingerprint density at radius 2 is 1.92 bits per heavy atom. The molecule has 2 amide bonds. The molecule has 3 rings (SSSR count). The summed E-state index contributed by atoms with van der Waals surface area (Å²) in [5, 5.41) is 7.36. The normalized spacial score (nSPS) is 10.4. The van der Waals surface area contributed by atoms with Gasteiger partial charge in [-0.1, -0.05) is 6.07 Å². The number of hydrogen-bond donors (Lipinski definition) is 1. The molecule has 0 saturated heterocycles. The third kappa shape index (κ3) is 4.47. The van der Waals surface area contributed by atoms with Gasteiger partial charge < -0.3 is 15.0 Å². The first-order valence-electron chi connectivity index (χ1n) is 7.76. The van der Waals surface area contributed by atoms with Crippen LogP contribution < -0.4 is 10.1 Å². The first-order chi connectivity index (χ1) is 12.5. The number of ether oxygens (including phenoxy) is 1. The molecule has 8 heteroatoms. The van der Waals surface area contributed by atoms with E-state index in [1.807, 2.05) is 17.5 Å². The van der Waals surface area contributed by atoms with E-state index in [1.54, 1.807) is 55.1 Å². The summed E-state index contributed by atoms with van der Waals surface area (Å²) >= 11 is 3.03. The Bertz CT molecular complexity index is 887. The van der Waals surface area contributed by atoms with Crippen LogP contribution >= 0.6 is 22.7 Å². The summed E-state index contributed by atoms with van der Waals surface area (Å²) in [4.78, 5) is 30.7. The van der Waals surface area contributed by atoms with Crippen molar-refractivity contribution in [1.82, 2.24) is 9.88 Å². The van der Waals surface area contributed by atoms with Gasteiger partial charge in [0.1, 0.15) is 16.5 Å². The van der Waals surface area contributed by atoms with E-state index in [1.165, 1.54) is 16.2 Å². The average molecular weight is 387 g/mol. The minimum absolute atomic E-state index is 0.0248. The molecule has 0 fully saturated rings. The van der Waals surface area contributed by atoms with E-state index in [2.05, 4.69) is 10.3 Å². The number of thiazole rings is 1. The molecule has 6 nitrogen and oxygen atoms in total. The van der Waals surface area contributed by atoms with Gasteiger partial charge in [-0.3, -0.25) is 9.59 Å². The van der Waals surface area contributed by atoms with E-state index in [-0.39, 0.29) is 18.4 Å². The minimum Gasteiger partial charge on any atom is -0.484 e. The van der Waals surface area contributed by atoms with Gasteiger partial charge in [0, 0.05) is 25.2 Å². The number of amides is 2. The average Bonchev–Trinajstić information content (AvgIpc) is 3.31. The van der Waals surface area contributed by atoms with Crippen molar-refractivity contribution < 1.29 is 14.3 Å². The van der Waals surface area contributed by atoms with Gasteiger partial charge in [-0.05, 0) is 35.7 Å². The van der Waals surface area contributed by atoms with Crippen LogP contribution in [0, 0.1) is 0 Å². The second-order valence-electron chi connectivity index (χ2n) is 5.57. The van der Waals surface area contributed by atoms with Crippen molar-refractivity contribution in [3.8, 4) is 15.6 Å². The largest absolute Gasteiger partial charge is 0.484 e. The monoisotopic (exact) mass is 387 g/mol. The lowest BCUT2D eigenvalue weighted by atomic mass is 10.3. The van der Waals surface area contributed by atoms with E-state index in [4.69, 9.17) is 4.74 Å². The summed E-state index contributed by atoms with van der Waals surface area (Å²) in [7, 11) is 3.35. The van der Waals surface area contributed by atoms with Crippen LogP contribution in [0.4, 0.5) is 5.69 Å². The SMILES string of the molecule is CN(C)C(=O)COc1ccc(NC(=O)c2csc(-c3cccs3)n2)cc1. The van der Waals surface area contributed by atoms with Crippen LogP contribution in [0.1, 0.15) is 10.5 Å². The van der Waals surface area contributed by atoms with Gasteiger partial charge in [0.25, 0.3) is 11.8 Å². The smallest absolute Gasteiger partial charge is 0.275 e. The Morgan fingerprint density at radius 1 is 1.15 bits per heavy atom. The van der Waals surface area contributed by atoms with Crippen molar-refractivity contribution >= 4 is 40.2 Å². The van der Waals surface area contributed by atoms with Crippen LogP contribution in [0.2, 0.25) is 0 Å². The third-order valence-electron chi connectivity index (χ3n) is 3.44. The van der Waals surface area contributed by atoms with Crippen molar-refractivity contribution in [3.63, 3.8) is 0 Å². The molecule has 26 heavy (non-hydrogen) atoms. The number of benzene rings is 1. The summed E-state index contributed by atoms with van der Waals surface area (Å²) in [6, 6.07) is 10.8. The number of carbonyl (C=O) groups excluding carboxylic acids is 2. The topological polar surface area (TPSA) is 71.5 Å². The van der Waals surface area contributed by atoms with Crippen molar-refractivity contribution in [2.24, 2.45) is 0 Å². The Hall–Kier alpha value is -2.71. The second kappa shape index (κ2) is 8.11. The first-order valence-corrected chi connectivity index (χ1v) is 9.52. The molecule has 0 unspecified atom stereocenters. The lowest BCUT2D eigenvalue weighted by molar-refractivity contribution is -0.130. The number of anilines is 1. The molecule has 1 N–H and O–H groups in total. The summed E-state index contributed by atoms with van der Waals surface area (Å²) in [5.74, 6) is 0.180. The van der Waals surface area contributed by atoms with Crippen LogP contribution in [0.5, 0.6) is 5.75 Å². The Morgan fingerprint density at radius 3 is 2.58 bits per heavy atom. The van der Waals surface area contributed by atoms with Crippen molar-refractivity contribution in [1.29, 1.82) is 0 Å². The maximum Gasteiger partial charge on any atom is 0.275 e. The van der Waals surface area contributed by atoms with E-state index in [0.717, 1.165) is 9.88 Å². The molecule has 0 aliphatic carbocycles. The highest BCUT2D eigenvalue weighted by atomic mass is 32.1. The van der Waals surface area contributed by atoms with Crippen LogP contribution in [-0.4, -0.2) is 42.4 Å². The highest BCUT2D eigenvalue weighted by Crippen LogP contribution is 2.28. The van der Waals surface area contributed by atoms with Gasteiger partial charge in [-0.2, -0.15) is 0 Å². The van der Waals surface area contributed by atoms with Gasteiger partial charge in [0.2, 0.25) is 0 Å². The lowest BCUT2D eigenvalue weighted by Gasteiger charge is -2.11. The molecule has 2 heterocycles. The Labute approximate surface area is 159 Å². The van der Waals surface area contributed by atoms with Crippen molar-refractivity contribution in [2.75, 3.05) is 26.0 Å². The fraction of sp³-hybridized carbons (Fsp3) is 0.167. The number of thiophene rings is 1. The zero-order valence-corrected chi connectivity index (χ0v) is 15.9. The van der Waals surface area contributed by atoms with E-state index >= 15 is 0 Å². The molecule has 0 bridgehead atoms. The van der Waals surface area contributed by atoms with E-state index in [9.17, 15) is 9.59 Å². The molecular formula is C18H17N3O3S2. The van der Waals surface area contributed by atoms with Crippen LogP contribution in [-0.2, 0) is 4.79 Å². The number of hydrogen-bond acceptors (Lipinski definition) is 6. The number of nitrogens with zero attached hydrogens (tertiary/aromatic N) is 2. The maximum absolute atomic E-state index is 12.3. The second-order valence-corrected chi connectivity index (χ2v) is 7.38. The number of nitrogens with one attached hydrogen (secondary N) is 1. The molecule has 2 aromatic heterocycles. The molecular weight excluding hydrogens is 370 g/mol. The molecule has 0 aliphatic rings. The zero-order valence-electron chi connectivity index (χ0n) is 14.3. The summed E-state index contributed by atoms with van der Waals surface area (Å²) in [6.45, 7) is -0.0248. The molecule has 0 radical (unpaired) electrons. The molecule has 0 atom stereocenters. The Kier molecular flexibility index (Phi) is 5.65. The van der Waals surface area contributed by atoms with Crippen molar-refractivity contribution in [3.05, 3.63) is 52.9 Å². The lowest BCUT2D eigenvalue weighted by Crippen LogP contribution is -2.27. The zero-order chi connectivity index (χ0) is 18.5. The highest BCUT2D eigenvalue weighted by molar-refractivity contribution is 7.20. The predicted molar refractivity (Wildman–Crippen MR) is 104 cm³/mol. The summed E-state index contributed by atoms with van der Waals surface area (Å²) < 4.78 is 5.40. The minimum atomic E-state index is -0.263. The van der Waals surface area contributed by atoms with E-state index in [0.29, 0.717) is 17.1 Å². The standard InChI is InChI=1S/C18H17N3O3S2/c1-21(2)16(22)10-24-13-7-5-12(6-8-13)19-17(23)14-11-26-18(20-14)15-4-3-9-25-15/h3-9,11H,10H2,1-2H3,(H,19,23). The first kappa shape index (κ1) is 18.1. The number of likely N-dealkylation sites (N-methyl/N-ethyl adjacent to an activating group) is 1. The quantitative estimate of drug-likeness (QED) is 0.702. The molecule has 0 saturated carbocycles.